The van der Waals surface area contributed by atoms with Gasteiger partial charge in [-0.3, -0.25) is 9.69 Å². The first-order chi connectivity index (χ1) is 9.90. The number of rotatable bonds is 4. The van der Waals surface area contributed by atoms with Crippen LogP contribution in [0.2, 0.25) is 0 Å². The van der Waals surface area contributed by atoms with Gasteiger partial charge in [-0.2, -0.15) is 0 Å². The van der Waals surface area contributed by atoms with Gasteiger partial charge in [0.15, 0.2) is 0 Å². The number of carbonyl (C=O) groups excluding carboxylic acids is 1. The molecule has 1 saturated heterocycles. The molecule has 6 nitrogen and oxygen atoms in total. The van der Waals surface area contributed by atoms with Crippen LogP contribution in [-0.4, -0.2) is 60.6 Å². The number of hydrogen-bond acceptors (Lipinski definition) is 5. The molecule has 0 aliphatic carbocycles. The van der Waals surface area contributed by atoms with E-state index >= 15 is 0 Å². The maximum Gasteiger partial charge on any atom is 0.248 e. The third kappa shape index (κ3) is 4.28. The maximum atomic E-state index is 11.7. The summed E-state index contributed by atoms with van der Waals surface area (Å²) in [6, 6.07) is 0. The van der Waals surface area contributed by atoms with Crippen LogP contribution >= 0.6 is 0 Å². The number of oxazole rings is 1. The summed E-state index contributed by atoms with van der Waals surface area (Å²) in [4.78, 5) is 20.2. The Morgan fingerprint density at radius 2 is 2.00 bits per heavy atom. The smallest absolute Gasteiger partial charge is 0.248 e. The van der Waals surface area contributed by atoms with Gasteiger partial charge < -0.3 is 14.1 Å². The van der Waals surface area contributed by atoms with Crippen LogP contribution in [0.15, 0.2) is 10.6 Å². The van der Waals surface area contributed by atoms with Crippen molar-refractivity contribution in [1.82, 2.24) is 14.8 Å². The molecule has 0 bridgehead atoms. The Hall–Kier alpha value is -1.40. The monoisotopic (exact) mass is 295 g/mol. The van der Waals surface area contributed by atoms with E-state index in [2.05, 4.69) is 30.7 Å². The van der Waals surface area contributed by atoms with E-state index in [0.29, 0.717) is 6.54 Å². The van der Waals surface area contributed by atoms with E-state index in [1.807, 2.05) is 11.1 Å². The number of piperazine rings is 1. The van der Waals surface area contributed by atoms with Crippen molar-refractivity contribution in [1.29, 1.82) is 0 Å². The summed E-state index contributed by atoms with van der Waals surface area (Å²) in [5.74, 6) is 1.71. The first-order valence-electron chi connectivity index (χ1n) is 7.34. The molecule has 2 rings (SSSR count). The number of amides is 1. The maximum absolute atomic E-state index is 11.7. The number of hydrogen-bond donors (Lipinski definition) is 0. The highest BCUT2D eigenvalue weighted by Gasteiger charge is 2.23. The van der Waals surface area contributed by atoms with Crippen LogP contribution in [0.4, 0.5) is 0 Å². The van der Waals surface area contributed by atoms with Crippen LogP contribution in [-0.2, 0) is 21.5 Å². The lowest BCUT2D eigenvalue weighted by Gasteiger charge is -2.33. The molecule has 0 radical (unpaired) electrons. The number of carbonyl (C=O) groups is 1. The zero-order valence-corrected chi connectivity index (χ0v) is 13.4. The standard InChI is InChI=1S/C15H25N3O3/c1-15(2,3)12-9-16-13(21-12)10-17-5-7-18(8-6-17)14(19)11-20-4/h9H,5-8,10-11H2,1-4H3. The molecule has 0 saturated carbocycles. The minimum absolute atomic E-state index is 0.0173. The zero-order chi connectivity index (χ0) is 15.5. The minimum atomic E-state index is -0.0173. The quantitative estimate of drug-likeness (QED) is 0.837. The summed E-state index contributed by atoms with van der Waals surface area (Å²) in [5, 5.41) is 0. The normalized spacial score (nSPS) is 17.2. The Balaban J connectivity index is 1.83. The molecular weight excluding hydrogens is 270 g/mol. The van der Waals surface area contributed by atoms with Gasteiger partial charge >= 0.3 is 0 Å². The lowest BCUT2D eigenvalue weighted by atomic mass is 9.94. The van der Waals surface area contributed by atoms with Gasteiger partial charge in [-0.15, -0.1) is 0 Å². The van der Waals surface area contributed by atoms with Gasteiger partial charge in [0.05, 0.1) is 12.7 Å². The molecule has 6 heteroatoms. The number of nitrogens with zero attached hydrogens (tertiary/aromatic N) is 3. The summed E-state index contributed by atoms with van der Waals surface area (Å²) in [7, 11) is 1.55. The second-order valence-corrected chi connectivity index (χ2v) is 6.46. The summed E-state index contributed by atoms with van der Waals surface area (Å²) < 4.78 is 10.7. The molecule has 0 N–H and O–H groups in total. The van der Waals surface area contributed by atoms with Gasteiger partial charge in [-0.25, -0.2) is 4.98 Å². The highest BCUT2D eigenvalue weighted by atomic mass is 16.5. The van der Waals surface area contributed by atoms with Crippen molar-refractivity contribution in [2.75, 3.05) is 39.9 Å². The molecule has 118 valence electrons. The average molecular weight is 295 g/mol. The van der Waals surface area contributed by atoms with Crippen molar-refractivity contribution in [3.05, 3.63) is 17.8 Å². The zero-order valence-electron chi connectivity index (χ0n) is 13.4. The van der Waals surface area contributed by atoms with Gasteiger partial charge in [0.1, 0.15) is 12.4 Å². The third-order valence-electron chi connectivity index (χ3n) is 3.64. The van der Waals surface area contributed by atoms with Crippen molar-refractivity contribution in [2.45, 2.75) is 32.7 Å². The van der Waals surface area contributed by atoms with Gasteiger partial charge in [-0.1, -0.05) is 20.8 Å². The molecule has 1 aliphatic rings. The van der Waals surface area contributed by atoms with Crippen molar-refractivity contribution < 1.29 is 13.9 Å². The fraction of sp³-hybridized carbons (Fsp3) is 0.733. The number of ether oxygens (including phenoxy) is 1. The topological polar surface area (TPSA) is 58.8 Å². The molecule has 1 amide bonds. The molecular formula is C15H25N3O3. The Labute approximate surface area is 126 Å². The number of aromatic nitrogens is 1. The highest BCUT2D eigenvalue weighted by molar-refractivity contribution is 5.77. The SMILES string of the molecule is COCC(=O)N1CCN(Cc2ncc(C(C)(C)C)o2)CC1. The van der Waals surface area contributed by atoms with Crippen LogP contribution in [0, 0.1) is 0 Å². The van der Waals surface area contributed by atoms with E-state index < -0.39 is 0 Å². The summed E-state index contributed by atoms with van der Waals surface area (Å²) >= 11 is 0. The molecule has 0 atom stereocenters. The van der Waals surface area contributed by atoms with Crippen molar-refractivity contribution in [2.24, 2.45) is 0 Å². The fourth-order valence-corrected chi connectivity index (χ4v) is 2.29. The molecule has 1 aromatic rings. The molecule has 2 heterocycles. The van der Waals surface area contributed by atoms with Crippen molar-refractivity contribution >= 4 is 5.91 Å². The van der Waals surface area contributed by atoms with Gasteiger partial charge in [0, 0.05) is 38.7 Å². The second-order valence-electron chi connectivity index (χ2n) is 6.46. The Morgan fingerprint density at radius 1 is 1.33 bits per heavy atom. The van der Waals surface area contributed by atoms with Crippen LogP contribution in [0.3, 0.4) is 0 Å². The van der Waals surface area contributed by atoms with E-state index in [0.717, 1.165) is 37.8 Å². The molecule has 1 fully saturated rings. The van der Waals surface area contributed by atoms with E-state index in [1.165, 1.54) is 0 Å². The van der Waals surface area contributed by atoms with Gasteiger partial charge in [0.25, 0.3) is 0 Å². The fourth-order valence-electron chi connectivity index (χ4n) is 2.29. The molecule has 0 spiro atoms. The summed E-state index contributed by atoms with van der Waals surface area (Å²) in [6.45, 7) is 10.3. The first kappa shape index (κ1) is 16.0. The van der Waals surface area contributed by atoms with E-state index in [-0.39, 0.29) is 17.9 Å². The molecule has 21 heavy (non-hydrogen) atoms. The summed E-state index contributed by atoms with van der Waals surface area (Å²) in [5.41, 5.74) is -0.0173. The highest BCUT2D eigenvalue weighted by Crippen LogP contribution is 2.23. The van der Waals surface area contributed by atoms with Crippen LogP contribution in [0.25, 0.3) is 0 Å². The van der Waals surface area contributed by atoms with Crippen LogP contribution in [0.1, 0.15) is 32.4 Å². The van der Waals surface area contributed by atoms with Gasteiger partial charge in [-0.05, 0) is 0 Å². The van der Waals surface area contributed by atoms with E-state index in [9.17, 15) is 4.79 Å². The van der Waals surface area contributed by atoms with Crippen molar-refractivity contribution in [3.63, 3.8) is 0 Å². The lowest BCUT2D eigenvalue weighted by Crippen LogP contribution is -2.49. The Kier molecular flexibility index (Phi) is 5.00. The molecule has 1 aliphatic heterocycles. The lowest BCUT2D eigenvalue weighted by molar-refractivity contribution is -0.137. The second kappa shape index (κ2) is 6.58. The Morgan fingerprint density at radius 3 is 2.52 bits per heavy atom. The molecule has 1 aromatic heterocycles. The summed E-state index contributed by atoms with van der Waals surface area (Å²) in [6.07, 6.45) is 1.81. The van der Waals surface area contributed by atoms with Crippen LogP contribution < -0.4 is 0 Å². The first-order valence-corrected chi connectivity index (χ1v) is 7.34. The number of methoxy groups -OCH3 is 1. The largest absolute Gasteiger partial charge is 0.444 e. The van der Waals surface area contributed by atoms with Crippen LogP contribution in [0.5, 0.6) is 0 Å². The predicted octanol–water partition coefficient (Wildman–Crippen LogP) is 1.26. The van der Waals surface area contributed by atoms with Crippen molar-refractivity contribution in [3.8, 4) is 0 Å². The minimum Gasteiger partial charge on any atom is -0.444 e. The Bertz CT molecular complexity index is 471. The molecule has 0 unspecified atom stereocenters. The van der Waals surface area contributed by atoms with Gasteiger partial charge in [0.2, 0.25) is 11.8 Å². The molecule has 0 aromatic carbocycles. The van der Waals surface area contributed by atoms with E-state index in [4.69, 9.17) is 9.15 Å². The van der Waals surface area contributed by atoms with E-state index in [1.54, 1.807) is 7.11 Å². The predicted molar refractivity (Wildman–Crippen MR) is 78.9 cm³/mol. The third-order valence-corrected chi connectivity index (χ3v) is 3.64. The average Bonchev–Trinajstić information content (AvgIpc) is 2.88.